The second-order valence-corrected chi connectivity index (χ2v) is 12.5. The molecule has 0 atom stereocenters. The summed E-state index contributed by atoms with van der Waals surface area (Å²) in [6.45, 7) is 11.5. The molecule has 23 heavy (non-hydrogen) atoms. The largest absolute Gasteiger partial charge is 0.433 e. The van der Waals surface area contributed by atoms with Gasteiger partial charge >= 0.3 is 0 Å². The van der Waals surface area contributed by atoms with Crippen LogP contribution in [0.15, 0.2) is 0 Å². The third kappa shape index (κ3) is 17.4. The lowest BCUT2D eigenvalue weighted by Gasteiger charge is -2.28. The van der Waals surface area contributed by atoms with Crippen molar-refractivity contribution in [3.05, 3.63) is 0 Å². The smallest absolute Gasteiger partial charge is 0.0594 e. The van der Waals surface area contributed by atoms with Crippen molar-refractivity contribution in [2.75, 3.05) is 24.6 Å². The maximum Gasteiger partial charge on any atom is 0.0594 e. The molecule has 0 aliphatic heterocycles. The van der Waals surface area contributed by atoms with Crippen LogP contribution >= 0.6 is 19.5 Å². The number of thiocarbonyl (C=S) groups is 1. The van der Waals surface area contributed by atoms with Gasteiger partial charge in [0.2, 0.25) is 0 Å². The number of rotatable bonds is 14. The Labute approximate surface area is 159 Å². The third-order valence-electron chi connectivity index (χ3n) is 4.40. The molecule has 0 aromatic rings. The van der Waals surface area contributed by atoms with E-state index in [9.17, 15) is 0 Å². The van der Waals surface area contributed by atoms with Crippen LogP contribution in [-0.4, -0.2) is 28.8 Å². The van der Waals surface area contributed by atoms with Crippen LogP contribution in [0.4, 0.5) is 0 Å². The lowest BCUT2D eigenvalue weighted by molar-refractivity contribution is 0.814. The Morgan fingerprint density at radius 2 is 0.957 bits per heavy atom. The molecule has 3 heteroatoms. The first kappa shape index (κ1) is 26.0. The highest BCUT2D eigenvalue weighted by Gasteiger charge is 2.34. The Kier molecular flexibility index (Phi) is 21.5. The minimum atomic E-state index is -0.562. The van der Waals surface area contributed by atoms with Crippen LogP contribution in [0.25, 0.3) is 0 Å². The van der Waals surface area contributed by atoms with Gasteiger partial charge in [0.25, 0.3) is 0 Å². The van der Waals surface area contributed by atoms with Gasteiger partial charge in [-0.2, -0.15) is 4.20 Å². The molecule has 0 bridgehead atoms. The van der Waals surface area contributed by atoms with Crippen LogP contribution in [0.3, 0.4) is 0 Å². The maximum atomic E-state index is 4.61. The highest BCUT2D eigenvalue weighted by atomic mass is 32.1. The lowest BCUT2D eigenvalue weighted by Crippen LogP contribution is -2.12. The van der Waals surface area contributed by atoms with Gasteiger partial charge in [-0.05, 0) is 32.1 Å². The van der Waals surface area contributed by atoms with Crippen LogP contribution in [-0.2, 0) is 12.6 Å². The molecule has 0 saturated carbocycles. The first-order valence-electron chi connectivity index (χ1n) is 10.1. The normalized spacial score (nSPS) is 11.0. The van der Waals surface area contributed by atoms with Crippen molar-refractivity contribution in [1.29, 1.82) is 0 Å². The van der Waals surface area contributed by atoms with Crippen LogP contribution in [0, 0.1) is 0 Å². The summed E-state index contributed by atoms with van der Waals surface area (Å²) in [6.07, 6.45) is 20.0. The van der Waals surface area contributed by atoms with E-state index < -0.39 is 7.26 Å². The Balaban J connectivity index is 0. The van der Waals surface area contributed by atoms with Crippen LogP contribution in [0.1, 0.15) is 98.8 Å². The third-order valence-corrected chi connectivity index (χ3v) is 9.87. The minimum Gasteiger partial charge on any atom is -0.433 e. The molecule has 0 N–H and O–H groups in total. The molecule has 0 rings (SSSR count). The van der Waals surface area contributed by atoms with Gasteiger partial charge in [-0.1, -0.05) is 66.7 Å². The van der Waals surface area contributed by atoms with Crippen molar-refractivity contribution in [3.63, 3.8) is 0 Å². The second-order valence-electron chi connectivity index (χ2n) is 6.77. The Morgan fingerprint density at radius 1 is 0.652 bits per heavy atom. The summed E-state index contributed by atoms with van der Waals surface area (Å²) in [5.74, 6) is 0. The summed E-state index contributed by atoms with van der Waals surface area (Å²) in [5, 5.41) is 0. The van der Waals surface area contributed by atoms with Gasteiger partial charge in [0, 0.05) is 7.26 Å². The molecule has 0 saturated heterocycles. The molecule has 0 aliphatic carbocycles. The van der Waals surface area contributed by atoms with Crippen molar-refractivity contribution < 1.29 is 0 Å². The van der Waals surface area contributed by atoms with Crippen molar-refractivity contribution in [2.45, 2.75) is 98.8 Å². The Morgan fingerprint density at radius 3 is 1.09 bits per heavy atom. The molecule has 0 nitrogen and oxygen atoms in total. The molecule has 0 aliphatic rings. The molecule has 0 radical (unpaired) electrons. The van der Waals surface area contributed by atoms with Crippen LogP contribution in [0.2, 0.25) is 0 Å². The SMILES string of the molecule is CCCC(=S)[S-].CCCC[P+](CCCC)(CCCC)CCCC. The quantitative estimate of drug-likeness (QED) is 0.171. The van der Waals surface area contributed by atoms with Gasteiger partial charge in [0.1, 0.15) is 0 Å². The molecule has 0 aromatic carbocycles. The average molecular weight is 379 g/mol. The van der Waals surface area contributed by atoms with E-state index in [1.54, 1.807) is 24.6 Å². The summed E-state index contributed by atoms with van der Waals surface area (Å²) in [6, 6.07) is 0. The fourth-order valence-electron chi connectivity index (χ4n) is 2.85. The predicted molar refractivity (Wildman–Crippen MR) is 121 cm³/mol. The van der Waals surface area contributed by atoms with Crippen molar-refractivity contribution in [3.8, 4) is 0 Å². The first-order chi connectivity index (χ1) is 11.0. The van der Waals surface area contributed by atoms with E-state index in [1.165, 1.54) is 51.4 Å². The summed E-state index contributed by atoms with van der Waals surface area (Å²) >= 11 is 9.22. The molecule has 0 spiro atoms. The van der Waals surface area contributed by atoms with Gasteiger partial charge in [-0.3, -0.25) is 0 Å². The highest BCUT2D eigenvalue weighted by Crippen LogP contribution is 2.61. The molecule has 0 unspecified atom stereocenters. The molecule has 0 heterocycles. The summed E-state index contributed by atoms with van der Waals surface area (Å²) < 4.78 is 0.706. The van der Waals surface area contributed by atoms with Gasteiger partial charge < -0.3 is 24.8 Å². The molecule has 0 aromatic heterocycles. The topological polar surface area (TPSA) is 0 Å². The van der Waals surface area contributed by atoms with Gasteiger partial charge in [-0.25, -0.2) is 0 Å². The van der Waals surface area contributed by atoms with E-state index in [-0.39, 0.29) is 0 Å². The predicted octanol–water partition coefficient (Wildman–Crippen LogP) is 7.87. The zero-order chi connectivity index (χ0) is 18.0. The van der Waals surface area contributed by atoms with E-state index >= 15 is 0 Å². The van der Waals surface area contributed by atoms with Crippen molar-refractivity contribution in [2.24, 2.45) is 0 Å². The highest BCUT2D eigenvalue weighted by molar-refractivity contribution is 8.00. The maximum absolute atomic E-state index is 4.61. The van der Waals surface area contributed by atoms with Crippen molar-refractivity contribution >= 4 is 36.3 Å². The average Bonchev–Trinajstić information content (AvgIpc) is 2.54. The summed E-state index contributed by atoms with van der Waals surface area (Å²) in [4.78, 5) is 0. The standard InChI is InChI=1S/C16H36P.C4H8S2/c1-5-9-13-17(14-10-6-2,15-11-7-3)16-12-8-4;1-2-3-4(5)6/h5-16H2,1-4H3;2-3H2,1H3,(H,5,6)/q+1;/p-1. The number of hydrogen-bond donors (Lipinski definition) is 0. The fraction of sp³-hybridized carbons (Fsp3) is 0.950. The van der Waals surface area contributed by atoms with E-state index in [0.717, 1.165) is 12.8 Å². The van der Waals surface area contributed by atoms with Gasteiger partial charge in [-0.15, -0.1) is 0 Å². The van der Waals surface area contributed by atoms with Crippen LogP contribution < -0.4 is 0 Å². The molecular weight excluding hydrogens is 335 g/mol. The Hall–Kier alpha value is 0.740. The fourth-order valence-corrected chi connectivity index (χ4v) is 8.55. The molecule has 0 amide bonds. The van der Waals surface area contributed by atoms with E-state index in [2.05, 4.69) is 59.5 Å². The summed E-state index contributed by atoms with van der Waals surface area (Å²) in [5.41, 5.74) is 0. The van der Waals surface area contributed by atoms with Gasteiger partial charge in [0.05, 0.1) is 24.6 Å². The zero-order valence-electron chi connectivity index (χ0n) is 16.7. The second kappa shape index (κ2) is 19.1. The van der Waals surface area contributed by atoms with E-state index in [1.807, 2.05) is 0 Å². The monoisotopic (exact) mass is 378 g/mol. The van der Waals surface area contributed by atoms with E-state index in [0.29, 0.717) is 4.20 Å². The first-order valence-corrected chi connectivity index (χ1v) is 13.4. The summed E-state index contributed by atoms with van der Waals surface area (Å²) in [7, 11) is -0.562. The van der Waals surface area contributed by atoms with E-state index in [4.69, 9.17) is 0 Å². The lowest BCUT2D eigenvalue weighted by atomic mass is 10.4. The number of unbranched alkanes of at least 4 members (excludes halogenated alkanes) is 4. The molecular formula is C20H43PS2. The minimum absolute atomic E-state index is 0.562. The van der Waals surface area contributed by atoms with Gasteiger partial charge in [0.15, 0.2) is 0 Å². The van der Waals surface area contributed by atoms with Crippen LogP contribution in [0.5, 0.6) is 0 Å². The zero-order valence-corrected chi connectivity index (χ0v) is 19.2. The number of hydrogen-bond acceptors (Lipinski definition) is 2. The Bertz CT molecular complexity index is 217. The molecule has 0 fully saturated rings. The van der Waals surface area contributed by atoms with Crippen molar-refractivity contribution in [1.82, 2.24) is 0 Å². The molecule has 140 valence electrons.